The van der Waals surface area contributed by atoms with E-state index in [1.54, 1.807) is 7.11 Å². The second-order valence-corrected chi connectivity index (χ2v) is 3.48. The minimum Gasteiger partial charge on any atom is -0.385 e. The highest BCUT2D eigenvalue weighted by Gasteiger charge is 2.03. The minimum absolute atomic E-state index is 0.115. The minimum atomic E-state index is -0.138. The Morgan fingerprint density at radius 1 is 1.24 bits per heavy atom. The normalized spacial score (nSPS) is 9.94. The summed E-state index contributed by atoms with van der Waals surface area (Å²) in [5, 5.41) is 2.67. The second kappa shape index (κ2) is 11.3. The third-order valence-corrected chi connectivity index (χ3v) is 2.03. The maximum atomic E-state index is 11.2. The molecule has 0 spiro atoms. The molecule has 1 N–H and O–H groups in total. The van der Waals surface area contributed by atoms with Gasteiger partial charge in [-0.3, -0.25) is 9.59 Å². The maximum absolute atomic E-state index is 11.2. The zero-order valence-corrected chi connectivity index (χ0v) is 10.4. The Labute approximate surface area is 102 Å². The number of methoxy groups -OCH3 is 1. The Morgan fingerprint density at radius 3 is 2.65 bits per heavy atom. The molecule has 0 aliphatic carbocycles. The first-order valence-electron chi connectivity index (χ1n) is 5.69. The quantitative estimate of drug-likeness (QED) is 0.428. The standard InChI is InChI=1S/C12H21NO4/c1-3-11(14)5-6-12(15)13-7-10-17-9-4-8-16-2/h3H,1,4-10H2,2H3,(H,13,15). The van der Waals surface area contributed by atoms with E-state index in [0.717, 1.165) is 6.42 Å². The first kappa shape index (κ1) is 15.8. The van der Waals surface area contributed by atoms with E-state index in [4.69, 9.17) is 9.47 Å². The molecule has 0 fully saturated rings. The number of carbonyl (C=O) groups is 2. The van der Waals surface area contributed by atoms with Gasteiger partial charge in [0.25, 0.3) is 0 Å². The topological polar surface area (TPSA) is 64.6 Å². The summed E-state index contributed by atoms with van der Waals surface area (Å²) in [6.07, 6.45) is 2.49. The average molecular weight is 243 g/mol. The fourth-order valence-corrected chi connectivity index (χ4v) is 1.10. The molecule has 0 unspecified atom stereocenters. The van der Waals surface area contributed by atoms with E-state index in [0.29, 0.717) is 26.4 Å². The van der Waals surface area contributed by atoms with Gasteiger partial charge in [-0.05, 0) is 12.5 Å². The van der Waals surface area contributed by atoms with Gasteiger partial charge in [0.2, 0.25) is 5.91 Å². The number of ether oxygens (including phenoxy) is 2. The van der Waals surface area contributed by atoms with Crippen molar-refractivity contribution in [2.75, 3.05) is 33.5 Å². The third kappa shape index (κ3) is 11.1. The zero-order chi connectivity index (χ0) is 12.9. The number of nitrogens with one attached hydrogen (secondary N) is 1. The summed E-state index contributed by atoms with van der Waals surface area (Å²) < 4.78 is 10.1. The van der Waals surface area contributed by atoms with Crippen LogP contribution in [-0.4, -0.2) is 45.2 Å². The second-order valence-electron chi connectivity index (χ2n) is 3.48. The molecule has 98 valence electrons. The molecule has 0 saturated heterocycles. The number of carbonyl (C=O) groups excluding carboxylic acids is 2. The van der Waals surface area contributed by atoms with Crippen LogP contribution in [-0.2, 0) is 19.1 Å². The first-order valence-corrected chi connectivity index (χ1v) is 5.69. The van der Waals surface area contributed by atoms with Crippen molar-refractivity contribution in [1.82, 2.24) is 5.32 Å². The molecule has 0 rings (SSSR count). The van der Waals surface area contributed by atoms with E-state index in [1.807, 2.05) is 0 Å². The van der Waals surface area contributed by atoms with Crippen molar-refractivity contribution in [3.63, 3.8) is 0 Å². The third-order valence-electron chi connectivity index (χ3n) is 2.03. The SMILES string of the molecule is C=CC(=O)CCC(=O)NCCOCCCOC. The number of rotatable bonds is 11. The lowest BCUT2D eigenvalue weighted by Crippen LogP contribution is -2.27. The molecule has 5 heteroatoms. The molecule has 5 nitrogen and oxygen atoms in total. The summed E-state index contributed by atoms with van der Waals surface area (Å²) in [5.41, 5.74) is 0. The van der Waals surface area contributed by atoms with Gasteiger partial charge in [0.05, 0.1) is 6.61 Å². The summed E-state index contributed by atoms with van der Waals surface area (Å²) in [6.45, 7) is 5.58. The number of ketones is 1. The van der Waals surface area contributed by atoms with Crippen molar-refractivity contribution in [1.29, 1.82) is 0 Å². The number of hydrogen-bond acceptors (Lipinski definition) is 4. The zero-order valence-electron chi connectivity index (χ0n) is 10.4. The van der Waals surface area contributed by atoms with Crippen LogP contribution < -0.4 is 5.32 Å². The van der Waals surface area contributed by atoms with Crippen molar-refractivity contribution in [2.45, 2.75) is 19.3 Å². The Balaban J connectivity index is 3.27. The van der Waals surface area contributed by atoms with Crippen LogP contribution in [0.25, 0.3) is 0 Å². The van der Waals surface area contributed by atoms with E-state index in [9.17, 15) is 9.59 Å². The molecule has 17 heavy (non-hydrogen) atoms. The molecular weight excluding hydrogens is 222 g/mol. The van der Waals surface area contributed by atoms with Crippen molar-refractivity contribution in [3.8, 4) is 0 Å². The number of hydrogen-bond donors (Lipinski definition) is 1. The van der Waals surface area contributed by atoms with Crippen molar-refractivity contribution in [3.05, 3.63) is 12.7 Å². The molecule has 0 radical (unpaired) electrons. The summed E-state index contributed by atoms with van der Waals surface area (Å²) in [6, 6.07) is 0. The van der Waals surface area contributed by atoms with Crippen LogP contribution in [0.2, 0.25) is 0 Å². The molecular formula is C12H21NO4. The average Bonchev–Trinajstić information content (AvgIpc) is 2.34. The van der Waals surface area contributed by atoms with Gasteiger partial charge < -0.3 is 14.8 Å². The molecule has 0 aromatic rings. The van der Waals surface area contributed by atoms with Crippen molar-refractivity contribution >= 4 is 11.7 Å². The highest BCUT2D eigenvalue weighted by Crippen LogP contribution is 1.91. The summed E-state index contributed by atoms with van der Waals surface area (Å²) in [4.78, 5) is 22.1. The molecule has 0 aromatic carbocycles. The monoisotopic (exact) mass is 243 g/mol. The lowest BCUT2D eigenvalue weighted by molar-refractivity contribution is -0.124. The molecule has 0 bridgehead atoms. The lowest BCUT2D eigenvalue weighted by Gasteiger charge is -2.05. The van der Waals surface area contributed by atoms with Crippen LogP contribution >= 0.6 is 0 Å². The molecule has 0 saturated carbocycles. The highest BCUT2D eigenvalue weighted by molar-refractivity contribution is 5.92. The molecule has 0 aromatic heterocycles. The van der Waals surface area contributed by atoms with Gasteiger partial charge in [-0.25, -0.2) is 0 Å². The predicted molar refractivity (Wildman–Crippen MR) is 64.8 cm³/mol. The Hall–Kier alpha value is -1.20. The van der Waals surface area contributed by atoms with E-state index < -0.39 is 0 Å². The predicted octanol–water partition coefficient (Wildman–Crippen LogP) is 0.691. The van der Waals surface area contributed by atoms with E-state index in [2.05, 4.69) is 11.9 Å². The van der Waals surface area contributed by atoms with Crippen LogP contribution in [0.1, 0.15) is 19.3 Å². The molecule has 0 aliphatic heterocycles. The van der Waals surface area contributed by atoms with Crippen molar-refractivity contribution < 1.29 is 19.1 Å². The summed E-state index contributed by atoms with van der Waals surface area (Å²) in [5.74, 6) is -0.253. The van der Waals surface area contributed by atoms with Gasteiger partial charge in [0.15, 0.2) is 5.78 Å². The summed E-state index contributed by atoms with van der Waals surface area (Å²) in [7, 11) is 1.64. The highest BCUT2D eigenvalue weighted by atomic mass is 16.5. The van der Waals surface area contributed by atoms with Gasteiger partial charge in [0, 0.05) is 39.7 Å². The molecule has 0 atom stereocenters. The van der Waals surface area contributed by atoms with E-state index in [-0.39, 0.29) is 24.5 Å². The lowest BCUT2D eigenvalue weighted by atomic mass is 10.2. The van der Waals surface area contributed by atoms with Gasteiger partial charge in [-0.1, -0.05) is 6.58 Å². The van der Waals surface area contributed by atoms with Gasteiger partial charge in [0.1, 0.15) is 0 Å². The summed E-state index contributed by atoms with van der Waals surface area (Å²) >= 11 is 0. The molecule has 0 aliphatic rings. The van der Waals surface area contributed by atoms with Crippen LogP contribution in [0.5, 0.6) is 0 Å². The fraction of sp³-hybridized carbons (Fsp3) is 0.667. The Morgan fingerprint density at radius 2 is 2.00 bits per heavy atom. The molecule has 1 amide bonds. The van der Waals surface area contributed by atoms with Crippen LogP contribution in [0.15, 0.2) is 12.7 Å². The van der Waals surface area contributed by atoms with Crippen LogP contribution in [0, 0.1) is 0 Å². The Bertz CT molecular complexity index is 241. The van der Waals surface area contributed by atoms with E-state index in [1.165, 1.54) is 6.08 Å². The van der Waals surface area contributed by atoms with Gasteiger partial charge in [-0.2, -0.15) is 0 Å². The smallest absolute Gasteiger partial charge is 0.220 e. The largest absolute Gasteiger partial charge is 0.385 e. The molecule has 0 heterocycles. The van der Waals surface area contributed by atoms with Crippen LogP contribution in [0.4, 0.5) is 0 Å². The Kier molecular flexibility index (Phi) is 10.5. The first-order chi connectivity index (χ1) is 8.20. The fourth-order valence-electron chi connectivity index (χ4n) is 1.10. The van der Waals surface area contributed by atoms with Gasteiger partial charge >= 0.3 is 0 Å². The number of allylic oxidation sites excluding steroid dienone is 1. The van der Waals surface area contributed by atoms with Crippen LogP contribution in [0.3, 0.4) is 0 Å². The van der Waals surface area contributed by atoms with Gasteiger partial charge in [-0.15, -0.1) is 0 Å². The maximum Gasteiger partial charge on any atom is 0.220 e. The number of amides is 1. The van der Waals surface area contributed by atoms with E-state index >= 15 is 0 Å². The van der Waals surface area contributed by atoms with Crippen molar-refractivity contribution in [2.24, 2.45) is 0 Å².